The van der Waals surface area contributed by atoms with Crippen LogP contribution in [0.1, 0.15) is 11.1 Å². The Bertz CT molecular complexity index is 920. The molecule has 2 aromatic carbocycles. The van der Waals surface area contributed by atoms with Crippen molar-refractivity contribution in [1.82, 2.24) is 0 Å². The van der Waals surface area contributed by atoms with Crippen LogP contribution in [0.5, 0.6) is 5.75 Å². The highest BCUT2D eigenvalue weighted by Crippen LogP contribution is 2.33. The molecule has 2 aromatic rings. The van der Waals surface area contributed by atoms with E-state index in [2.05, 4.69) is 0 Å². The largest absolute Gasteiger partial charge is 0.424 e. The highest BCUT2D eigenvalue weighted by Gasteiger charge is 2.48. The lowest BCUT2D eigenvalue weighted by Crippen LogP contribution is -2.47. The number of ether oxygens (including phenoxy) is 1. The minimum Gasteiger partial charge on any atom is -0.424 e. The van der Waals surface area contributed by atoms with E-state index in [9.17, 15) is 18.3 Å². The molecule has 1 aliphatic rings. The summed E-state index contributed by atoms with van der Waals surface area (Å²) in [5.41, 5.74) is -1.66. The van der Waals surface area contributed by atoms with Gasteiger partial charge in [0.1, 0.15) is 10.6 Å². The molecule has 23 heavy (non-hydrogen) atoms. The van der Waals surface area contributed by atoms with Gasteiger partial charge in [-0.3, -0.25) is 0 Å². The molecule has 0 aliphatic heterocycles. The summed E-state index contributed by atoms with van der Waals surface area (Å²) in [5, 5.41) is 10.9. The lowest BCUT2D eigenvalue weighted by Gasteiger charge is -2.29. The van der Waals surface area contributed by atoms with E-state index in [4.69, 9.17) is 4.74 Å². The molecule has 0 aromatic heterocycles. The average molecular weight is 328 g/mol. The highest BCUT2D eigenvalue weighted by atomic mass is 32.2. The molecule has 3 rings (SSSR count). The molecule has 0 spiro atoms. The van der Waals surface area contributed by atoms with Crippen molar-refractivity contribution in [2.75, 3.05) is 0 Å². The van der Waals surface area contributed by atoms with Gasteiger partial charge in [-0.25, -0.2) is 4.79 Å². The van der Waals surface area contributed by atoms with Crippen molar-refractivity contribution < 1.29 is 23.1 Å². The van der Waals surface area contributed by atoms with Gasteiger partial charge in [0, 0.05) is 5.56 Å². The van der Waals surface area contributed by atoms with Crippen LogP contribution in [-0.2, 0) is 20.7 Å². The Hall–Kier alpha value is -2.70. The summed E-state index contributed by atoms with van der Waals surface area (Å²) in [6.07, 6.45) is 2.74. The van der Waals surface area contributed by atoms with Crippen molar-refractivity contribution >= 4 is 27.2 Å². The Labute approximate surface area is 134 Å². The van der Waals surface area contributed by atoms with Crippen LogP contribution in [0.15, 0.2) is 60.7 Å². The van der Waals surface area contributed by atoms with Gasteiger partial charge in [0.25, 0.3) is 0 Å². The number of aliphatic hydroxyl groups is 1. The Morgan fingerprint density at radius 3 is 2.30 bits per heavy atom. The summed E-state index contributed by atoms with van der Waals surface area (Å²) >= 11 is 0. The summed E-state index contributed by atoms with van der Waals surface area (Å²) in [6.45, 7) is 0. The SMILES string of the molecule is O=C(Oc1ccccc1)C1(O)C(=S(=O)=O)C=Cc2ccccc21. The fourth-order valence-electron chi connectivity index (χ4n) is 2.45. The van der Waals surface area contributed by atoms with Crippen LogP contribution in [0.2, 0.25) is 0 Å². The van der Waals surface area contributed by atoms with Crippen molar-refractivity contribution in [1.29, 1.82) is 0 Å². The molecular weight excluding hydrogens is 316 g/mol. The fourth-order valence-corrected chi connectivity index (χ4v) is 3.06. The number of fused-ring (bicyclic) bond motifs is 1. The molecule has 0 heterocycles. The van der Waals surface area contributed by atoms with Crippen molar-refractivity contribution in [3.05, 3.63) is 71.8 Å². The zero-order valence-electron chi connectivity index (χ0n) is 11.8. The Morgan fingerprint density at radius 1 is 0.957 bits per heavy atom. The van der Waals surface area contributed by atoms with Gasteiger partial charge in [-0.1, -0.05) is 48.5 Å². The minimum atomic E-state index is -2.78. The molecule has 0 bridgehead atoms. The number of para-hydroxylation sites is 1. The molecule has 0 saturated heterocycles. The van der Waals surface area contributed by atoms with Gasteiger partial charge in [-0.2, -0.15) is 8.42 Å². The molecule has 0 fully saturated rings. The Balaban J connectivity index is 2.14. The van der Waals surface area contributed by atoms with E-state index in [0.717, 1.165) is 0 Å². The second kappa shape index (κ2) is 5.83. The summed E-state index contributed by atoms with van der Waals surface area (Å²) in [5.74, 6) is -0.853. The number of carbonyl (C=O) groups is 1. The smallest absolute Gasteiger partial charge is 0.354 e. The van der Waals surface area contributed by atoms with Crippen LogP contribution in [0, 0.1) is 0 Å². The van der Waals surface area contributed by atoms with Gasteiger partial charge in [-0.05, 0) is 23.8 Å². The molecule has 1 aliphatic carbocycles. The van der Waals surface area contributed by atoms with E-state index in [-0.39, 0.29) is 11.3 Å². The third kappa shape index (κ3) is 2.58. The number of esters is 1. The maximum absolute atomic E-state index is 12.6. The van der Waals surface area contributed by atoms with Crippen molar-refractivity contribution in [2.24, 2.45) is 0 Å². The summed E-state index contributed by atoms with van der Waals surface area (Å²) in [4.78, 5) is 12.1. The molecule has 1 atom stereocenters. The number of carbonyl (C=O) groups excluding carboxylic acids is 1. The van der Waals surface area contributed by atoms with E-state index < -0.39 is 26.7 Å². The van der Waals surface area contributed by atoms with Crippen molar-refractivity contribution in [3.63, 3.8) is 0 Å². The number of rotatable bonds is 2. The van der Waals surface area contributed by atoms with Gasteiger partial charge >= 0.3 is 5.97 Å². The first-order chi connectivity index (χ1) is 11.0. The van der Waals surface area contributed by atoms with Gasteiger partial charge in [0.2, 0.25) is 15.9 Å². The topological polar surface area (TPSA) is 80.7 Å². The quantitative estimate of drug-likeness (QED) is 0.514. The minimum absolute atomic E-state index is 0.169. The van der Waals surface area contributed by atoms with E-state index in [0.29, 0.717) is 5.56 Å². The fraction of sp³-hybridized carbons (Fsp3) is 0.0588. The second-order valence-electron chi connectivity index (χ2n) is 4.93. The molecule has 0 saturated carbocycles. The standard InChI is InChI=1S/C17H12O5S/c18-16(22-13-7-2-1-3-8-13)17(19)14-9-5-4-6-12(14)10-11-15(17)23(20)21/h1-11,19H. The van der Waals surface area contributed by atoms with Gasteiger partial charge in [0.05, 0.1) is 0 Å². The number of hydrogen-bond acceptors (Lipinski definition) is 5. The first-order valence-electron chi connectivity index (χ1n) is 6.77. The van der Waals surface area contributed by atoms with E-state index >= 15 is 0 Å². The highest BCUT2D eigenvalue weighted by molar-refractivity contribution is 7.73. The predicted molar refractivity (Wildman–Crippen MR) is 85.4 cm³/mol. The third-order valence-electron chi connectivity index (χ3n) is 3.55. The first kappa shape index (κ1) is 15.2. The van der Waals surface area contributed by atoms with Crippen LogP contribution in [0.3, 0.4) is 0 Å². The van der Waals surface area contributed by atoms with Crippen LogP contribution in [0.4, 0.5) is 0 Å². The molecule has 0 radical (unpaired) electrons. The average Bonchev–Trinajstić information content (AvgIpc) is 2.56. The molecule has 5 nitrogen and oxygen atoms in total. The summed E-state index contributed by atoms with van der Waals surface area (Å²) in [6, 6.07) is 14.7. The molecule has 6 heteroatoms. The maximum atomic E-state index is 12.6. The monoisotopic (exact) mass is 328 g/mol. The third-order valence-corrected chi connectivity index (χ3v) is 4.34. The van der Waals surface area contributed by atoms with Crippen LogP contribution < -0.4 is 4.74 Å². The zero-order chi connectivity index (χ0) is 16.4. The second-order valence-corrected chi connectivity index (χ2v) is 5.84. The van der Waals surface area contributed by atoms with Crippen LogP contribution in [-0.4, -0.2) is 24.4 Å². The predicted octanol–water partition coefficient (Wildman–Crippen LogP) is 1.56. The Morgan fingerprint density at radius 2 is 1.61 bits per heavy atom. The molecule has 0 amide bonds. The van der Waals surface area contributed by atoms with Crippen molar-refractivity contribution in [2.45, 2.75) is 5.60 Å². The maximum Gasteiger partial charge on any atom is 0.354 e. The molecule has 116 valence electrons. The normalized spacial score (nSPS) is 19.1. The zero-order valence-corrected chi connectivity index (χ0v) is 12.7. The van der Waals surface area contributed by atoms with E-state index in [1.54, 1.807) is 48.5 Å². The number of benzene rings is 2. The first-order valence-corrected chi connectivity index (χ1v) is 7.85. The molecule has 1 N–H and O–H groups in total. The lowest BCUT2D eigenvalue weighted by atomic mass is 9.83. The van der Waals surface area contributed by atoms with Gasteiger partial charge in [-0.15, -0.1) is 0 Å². The molecular formula is C17H12O5S. The number of hydrogen-bond donors (Lipinski definition) is 1. The lowest BCUT2D eigenvalue weighted by molar-refractivity contribution is -0.149. The van der Waals surface area contributed by atoms with Crippen LogP contribution in [0.25, 0.3) is 6.08 Å². The summed E-state index contributed by atoms with van der Waals surface area (Å²) < 4.78 is 28.1. The van der Waals surface area contributed by atoms with Gasteiger partial charge < -0.3 is 9.84 Å². The molecule has 1 unspecified atom stereocenters. The van der Waals surface area contributed by atoms with E-state index in [1.165, 1.54) is 18.2 Å². The summed E-state index contributed by atoms with van der Waals surface area (Å²) in [7, 11) is -2.78. The van der Waals surface area contributed by atoms with Crippen LogP contribution >= 0.6 is 0 Å². The Kier molecular flexibility index (Phi) is 3.85. The van der Waals surface area contributed by atoms with Gasteiger partial charge in [0.15, 0.2) is 0 Å². The van der Waals surface area contributed by atoms with E-state index in [1.807, 2.05) is 0 Å². The van der Waals surface area contributed by atoms with Crippen molar-refractivity contribution in [3.8, 4) is 5.75 Å².